The molecule has 3 heterocycles. The van der Waals surface area contributed by atoms with Crippen molar-refractivity contribution in [2.24, 2.45) is 0 Å². The van der Waals surface area contributed by atoms with Gasteiger partial charge in [-0.15, -0.1) is 0 Å². The third kappa shape index (κ3) is 4.93. The standard InChI is InChI=1S/C33H37N5O4/c39-33(34-22-3-1-4-22)35-23-11-9-20(10-12-23)30-29(31-36-32(42-37-31)21-7-8-21)27-14-13-26(41-25-15-17-40-18-16-25)19-28(27)38(30)24-5-2-6-24/h9-14,19,21-22,24-25H,1-8,15-18H2,(H2,34,35,39). The maximum atomic E-state index is 12.5. The highest BCUT2D eigenvalue weighted by Gasteiger charge is 2.33. The van der Waals surface area contributed by atoms with E-state index in [0.717, 1.165) is 110 Å². The SMILES string of the molecule is O=C(Nc1ccc(-c2c(-c3noc(C4CC4)n3)c3ccc(OC4CCOCC4)cc3n2C2CCC2)cc1)NC1CCC1. The van der Waals surface area contributed by atoms with Crippen LogP contribution in [0.2, 0.25) is 0 Å². The fourth-order valence-electron chi connectivity index (χ4n) is 6.33. The Bertz CT molecular complexity index is 1590. The molecule has 4 fully saturated rings. The number of nitrogens with zero attached hydrogens (tertiary/aromatic N) is 3. The second-order valence-electron chi connectivity index (χ2n) is 12.3. The molecule has 218 valence electrons. The van der Waals surface area contributed by atoms with Crippen molar-refractivity contribution in [3.05, 3.63) is 48.4 Å². The smallest absolute Gasteiger partial charge is 0.319 e. The van der Waals surface area contributed by atoms with E-state index in [9.17, 15) is 4.79 Å². The molecule has 0 atom stereocenters. The predicted octanol–water partition coefficient (Wildman–Crippen LogP) is 7.19. The van der Waals surface area contributed by atoms with Crippen LogP contribution < -0.4 is 15.4 Å². The molecule has 9 heteroatoms. The van der Waals surface area contributed by atoms with Gasteiger partial charge in [-0.25, -0.2) is 4.79 Å². The van der Waals surface area contributed by atoms with Gasteiger partial charge in [0.2, 0.25) is 11.7 Å². The first kappa shape index (κ1) is 25.8. The van der Waals surface area contributed by atoms with Gasteiger partial charge < -0.3 is 29.2 Å². The van der Waals surface area contributed by atoms with E-state index in [0.29, 0.717) is 23.8 Å². The Balaban J connectivity index is 1.20. The fraction of sp³-hybridized carbons (Fsp3) is 0.485. The summed E-state index contributed by atoms with van der Waals surface area (Å²) in [5.74, 6) is 2.63. The molecular formula is C33H37N5O4. The molecular weight excluding hydrogens is 530 g/mol. The van der Waals surface area contributed by atoms with E-state index in [1.165, 1.54) is 12.8 Å². The van der Waals surface area contributed by atoms with E-state index < -0.39 is 0 Å². The molecule has 2 aromatic carbocycles. The molecule has 2 amide bonds. The first-order chi connectivity index (χ1) is 20.7. The van der Waals surface area contributed by atoms with Crippen LogP contribution in [-0.4, -0.2) is 46.1 Å². The van der Waals surface area contributed by atoms with Gasteiger partial charge in [0, 0.05) is 48.0 Å². The molecule has 2 aromatic heterocycles. The number of aromatic nitrogens is 3. The van der Waals surface area contributed by atoms with Crippen LogP contribution in [0.3, 0.4) is 0 Å². The van der Waals surface area contributed by atoms with Crippen molar-refractivity contribution in [2.75, 3.05) is 18.5 Å². The minimum absolute atomic E-state index is 0.145. The van der Waals surface area contributed by atoms with E-state index in [2.05, 4.69) is 50.7 Å². The van der Waals surface area contributed by atoms with Crippen LogP contribution in [0.25, 0.3) is 33.5 Å². The molecule has 4 aliphatic rings. The van der Waals surface area contributed by atoms with Gasteiger partial charge in [0.15, 0.2) is 0 Å². The molecule has 8 rings (SSSR count). The van der Waals surface area contributed by atoms with E-state index in [1.54, 1.807) is 0 Å². The highest BCUT2D eigenvalue weighted by molar-refractivity contribution is 6.04. The lowest BCUT2D eigenvalue weighted by atomic mass is 9.92. The molecule has 4 aromatic rings. The first-order valence-electron chi connectivity index (χ1n) is 15.6. The zero-order valence-electron chi connectivity index (χ0n) is 23.8. The Morgan fingerprint density at radius 3 is 2.40 bits per heavy atom. The predicted molar refractivity (Wildman–Crippen MR) is 160 cm³/mol. The summed E-state index contributed by atoms with van der Waals surface area (Å²) >= 11 is 0. The van der Waals surface area contributed by atoms with E-state index in [4.69, 9.17) is 19.0 Å². The van der Waals surface area contributed by atoms with Crippen molar-refractivity contribution in [2.45, 2.75) is 88.3 Å². The van der Waals surface area contributed by atoms with Gasteiger partial charge in [0.05, 0.1) is 30.0 Å². The van der Waals surface area contributed by atoms with Gasteiger partial charge in [-0.05, 0) is 81.2 Å². The van der Waals surface area contributed by atoms with Crippen molar-refractivity contribution >= 4 is 22.6 Å². The van der Waals surface area contributed by atoms with Gasteiger partial charge in [-0.1, -0.05) is 17.3 Å². The van der Waals surface area contributed by atoms with Crippen LogP contribution in [-0.2, 0) is 4.74 Å². The zero-order valence-corrected chi connectivity index (χ0v) is 23.8. The Labute approximate surface area is 245 Å². The average molecular weight is 568 g/mol. The van der Waals surface area contributed by atoms with Crippen molar-refractivity contribution in [3.63, 3.8) is 0 Å². The maximum absolute atomic E-state index is 12.5. The van der Waals surface area contributed by atoms with Gasteiger partial charge in [-0.2, -0.15) is 4.98 Å². The van der Waals surface area contributed by atoms with Gasteiger partial charge in [0.1, 0.15) is 11.9 Å². The Kier molecular flexibility index (Phi) is 6.62. The number of ether oxygens (including phenoxy) is 2. The van der Waals surface area contributed by atoms with Crippen LogP contribution in [0.5, 0.6) is 5.75 Å². The third-order valence-electron chi connectivity index (χ3n) is 9.34. The number of carbonyl (C=O) groups is 1. The summed E-state index contributed by atoms with van der Waals surface area (Å²) in [5.41, 5.74) is 5.04. The highest BCUT2D eigenvalue weighted by Crippen LogP contribution is 2.48. The van der Waals surface area contributed by atoms with Crippen molar-refractivity contribution < 1.29 is 18.8 Å². The highest BCUT2D eigenvalue weighted by atomic mass is 16.5. The fourth-order valence-corrected chi connectivity index (χ4v) is 6.33. The second-order valence-corrected chi connectivity index (χ2v) is 12.3. The maximum Gasteiger partial charge on any atom is 0.319 e. The summed E-state index contributed by atoms with van der Waals surface area (Å²) in [6, 6.07) is 15.1. The van der Waals surface area contributed by atoms with Crippen molar-refractivity contribution in [1.82, 2.24) is 20.0 Å². The molecule has 2 N–H and O–H groups in total. The normalized spacial score (nSPS) is 19.8. The molecule has 0 spiro atoms. The molecule has 42 heavy (non-hydrogen) atoms. The Morgan fingerprint density at radius 2 is 1.71 bits per heavy atom. The lowest BCUT2D eigenvalue weighted by Crippen LogP contribution is -2.41. The monoisotopic (exact) mass is 567 g/mol. The van der Waals surface area contributed by atoms with Crippen LogP contribution in [0.1, 0.15) is 82.1 Å². The number of urea groups is 1. The minimum atomic E-state index is -0.145. The molecule has 9 nitrogen and oxygen atoms in total. The van der Waals surface area contributed by atoms with Crippen LogP contribution >= 0.6 is 0 Å². The average Bonchev–Trinajstić information content (AvgIpc) is 3.61. The molecule has 3 saturated carbocycles. The summed E-state index contributed by atoms with van der Waals surface area (Å²) in [4.78, 5) is 17.4. The number of amides is 2. The van der Waals surface area contributed by atoms with Crippen molar-refractivity contribution in [1.29, 1.82) is 0 Å². The van der Waals surface area contributed by atoms with E-state index in [1.807, 2.05) is 12.1 Å². The summed E-state index contributed by atoms with van der Waals surface area (Å²) in [5, 5.41) is 11.7. The lowest BCUT2D eigenvalue weighted by Gasteiger charge is -2.30. The van der Waals surface area contributed by atoms with E-state index in [-0.39, 0.29) is 12.1 Å². The number of carbonyl (C=O) groups excluding carboxylic acids is 1. The number of rotatable bonds is 8. The number of hydrogen-bond donors (Lipinski definition) is 2. The Hall–Kier alpha value is -3.85. The van der Waals surface area contributed by atoms with Gasteiger partial charge in [0.25, 0.3) is 0 Å². The van der Waals surface area contributed by atoms with Crippen molar-refractivity contribution in [3.8, 4) is 28.4 Å². The molecule has 3 aliphatic carbocycles. The number of fused-ring (bicyclic) bond motifs is 1. The summed E-state index contributed by atoms with van der Waals surface area (Å²) in [6.45, 7) is 1.49. The molecule has 0 bridgehead atoms. The van der Waals surface area contributed by atoms with Gasteiger partial charge in [-0.3, -0.25) is 0 Å². The van der Waals surface area contributed by atoms with Crippen LogP contribution in [0, 0.1) is 0 Å². The quantitative estimate of drug-likeness (QED) is 0.234. The topological polar surface area (TPSA) is 103 Å². The molecule has 0 unspecified atom stereocenters. The number of nitrogens with one attached hydrogen (secondary N) is 2. The van der Waals surface area contributed by atoms with E-state index >= 15 is 0 Å². The Morgan fingerprint density at radius 1 is 0.929 bits per heavy atom. The van der Waals surface area contributed by atoms with Gasteiger partial charge >= 0.3 is 6.03 Å². The number of anilines is 1. The number of benzene rings is 2. The van der Waals surface area contributed by atoms with Crippen LogP contribution in [0.4, 0.5) is 10.5 Å². The summed E-state index contributed by atoms with van der Waals surface area (Å²) < 4.78 is 20.2. The minimum Gasteiger partial charge on any atom is -0.490 e. The third-order valence-corrected chi connectivity index (χ3v) is 9.34. The molecule has 0 radical (unpaired) electrons. The number of hydrogen-bond acceptors (Lipinski definition) is 6. The van der Waals surface area contributed by atoms with Crippen LogP contribution in [0.15, 0.2) is 47.0 Å². The first-order valence-corrected chi connectivity index (χ1v) is 15.6. The second kappa shape index (κ2) is 10.8. The largest absolute Gasteiger partial charge is 0.490 e. The summed E-state index contributed by atoms with van der Waals surface area (Å²) in [7, 11) is 0. The summed E-state index contributed by atoms with van der Waals surface area (Å²) in [6.07, 6.45) is 11.0. The molecule has 1 saturated heterocycles. The lowest BCUT2D eigenvalue weighted by molar-refractivity contribution is 0.0256. The zero-order chi connectivity index (χ0) is 28.0. The molecule has 1 aliphatic heterocycles.